The van der Waals surface area contributed by atoms with Crippen LogP contribution in [0, 0.1) is 0 Å². The number of carbonyl (C=O) groups excluding carboxylic acids is 1. The molecular formula is C19H23NO2. The van der Waals surface area contributed by atoms with Crippen LogP contribution < -0.4 is 4.74 Å². The Hall–Kier alpha value is -2.29. The highest BCUT2D eigenvalue weighted by Crippen LogP contribution is 2.18. The van der Waals surface area contributed by atoms with Crippen LogP contribution in [0.4, 0.5) is 0 Å². The highest BCUT2D eigenvalue weighted by molar-refractivity contribution is 5.76. The molecule has 3 nitrogen and oxygen atoms in total. The molecule has 116 valence electrons. The van der Waals surface area contributed by atoms with Crippen LogP contribution in [0.15, 0.2) is 54.6 Å². The third-order valence-electron chi connectivity index (χ3n) is 3.81. The minimum Gasteiger partial charge on any atom is -0.496 e. The van der Waals surface area contributed by atoms with Crippen LogP contribution in [0.1, 0.15) is 17.5 Å². The van der Waals surface area contributed by atoms with Gasteiger partial charge in [-0.1, -0.05) is 48.5 Å². The number of ether oxygens (including phenoxy) is 1. The number of nitrogens with zero attached hydrogens (tertiary/aromatic N) is 1. The van der Waals surface area contributed by atoms with E-state index >= 15 is 0 Å². The van der Waals surface area contributed by atoms with E-state index in [1.807, 2.05) is 49.5 Å². The van der Waals surface area contributed by atoms with Gasteiger partial charge in [0.05, 0.1) is 7.11 Å². The third kappa shape index (κ3) is 4.62. The van der Waals surface area contributed by atoms with Gasteiger partial charge in [0.15, 0.2) is 0 Å². The van der Waals surface area contributed by atoms with E-state index in [1.165, 1.54) is 5.56 Å². The van der Waals surface area contributed by atoms with Gasteiger partial charge in [-0.25, -0.2) is 0 Å². The Morgan fingerprint density at radius 3 is 2.41 bits per heavy atom. The molecule has 22 heavy (non-hydrogen) atoms. The molecule has 0 saturated carbocycles. The zero-order chi connectivity index (χ0) is 15.8. The normalized spacial score (nSPS) is 10.3. The molecule has 0 aliphatic rings. The molecule has 2 aromatic carbocycles. The topological polar surface area (TPSA) is 29.5 Å². The van der Waals surface area contributed by atoms with Gasteiger partial charge in [-0.3, -0.25) is 4.79 Å². The number of para-hydroxylation sites is 1. The average molecular weight is 297 g/mol. The van der Waals surface area contributed by atoms with Crippen molar-refractivity contribution in [2.45, 2.75) is 19.3 Å². The molecule has 0 unspecified atom stereocenters. The van der Waals surface area contributed by atoms with Crippen molar-refractivity contribution in [2.75, 3.05) is 20.7 Å². The maximum atomic E-state index is 12.2. The van der Waals surface area contributed by atoms with Crippen LogP contribution in [-0.4, -0.2) is 31.5 Å². The van der Waals surface area contributed by atoms with E-state index in [4.69, 9.17) is 4.74 Å². The molecule has 0 saturated heterocycles. The van der Waals surface area contributed by atoms with Gasteiger partial charge in [0.1, 0.15) is 5.75 Å². The average Bonchev–Trinajstić information content (AvgIpc) is 2.58. The van der Waals surface area contributed by atoms with Crippen molar-refractivity contribution < 1.29 is 9.53 Å². The van der Waals surface area contributed by atoms with E-state index in [-0.39, 0.29) is 5.91 Å². The number of rotatable bonds is 7. The van der Waals surface area contributed by atoms with Crippen molar-refractivity contribution in [1.82, 2.24) is 4.90 Å². The van der Waals surface area contributed by atoms with Crippen molar-refractivity contribution in [1.29, 1.82) is 0 Å². The summed E-state index contributed by atoms with van der Waals surface area (Å²) in [5, 5.41) is 0. The van der Waals surface area contributed by atoms with Crippen molar-refractivity contribution >= 4 is 5.91 Å². The quantitative estimate of drug-likeness (QED) is 0.784. The molecule has 0 atom stereocenters. The van der Waals surface area contributed by atoms with E-state index < -0.39 is 0 Å². The van der Waals surface area contributed by atoms with Gasteiger partial charge >= 0.3 is 0 Å². The minimum atomic E-state index is 0.179. The lowest BCUT2D eigenvalue weighted by Crippen LogP contribution is -2.29. The second kappa shape index (κ2) is 8.23. The van der Waals surface area contributed by atoms with Crippen LogP contribution in [0.25, 0.3) is 0 Å². The monoisotopic (exact) mass is 297 g/mol. The molecule has 0 spiro atoms. The highest BCUT2D eigenvalue weighted by Gasteiger charge is 2.10. The molecule has 2 rings (SSSR count). The third-order valence-corrected chi connectivity index (χ3v) is 3.81. The van der Waals surface area contributed by atoms with Gasteiger partial charge in [-0.2, -0.15) is 0 Å². The fourth-order valence-electron chi connectivity index (χ4n) is 2.41. The standard InChI is InChI=1S/C19H23NO2/c1-20(15-14-17-10-6-7-11-18(17)22-2)19(21)13-12-16-8-4-3-5-9-16/h3-11H,12-15H2,1-2H3. The summed E-state index contributed by atoms with van der Waals surface area (Å²) >= 11 is 0. The largest absolute Gasteiger partial charge is 0.496 e. The summed E-state index contributed by atoms with van der Waals surface area (Å²) in [4.78, 5) is 14.0. The predicted molar refractivity (Wildman–Crippen MR) is 89.1 cm³/mol. The molecule has 0 radical (unpaired) electrons. The highest BCUT2D eigenvalue weighted by atomic mass is 16.5. The van der Waals surface area contributed by atoms with E-state index in [2.05, 4.69) is 12.1 Å². The van der Waals surface area contributed by atoms with Crippen LogP contribution in [-0.2, 0) is 17.6 Å². The zero-order valence-electron chi connectivity index (χ0n) is 13.3. The molecule has 0 N–H and O–H groups in total. The fourth-order valence-corrected chi connectivity index (χ4v) is 2.41. The van der Waals surface area contributed by atoms with Gasteiger partial charge in [0.25, 0.3) is 0 Å². The Bertz CT molecular complexity index is 595. The summed E-state index contributed by atoms with van der Waals surface area (Å²) in [6, 6.07) is 18.1. The molecule has 2 aromatic rings. The van der Waals surface area contributed by atoms with Crippen molar-refractivity contribution in [3.8, 4) is 5.75 Å². The Labute approximate surface area is 132 Å². The van der Waals surface area contributed by atoms with Crippen molar-refractivity contribution in [3.63, 3.8) is 0 Å². The van der Waals surface area contributed by atoms with Crippen molar-refractivity contribution in [3.05, 3.63) is 65.7 Å². The van der Waals surface area contributed by atoms with E-state index in [0.29, 0.717) is 13.0 Å². The molecule has 0 heterocycles. The second-order valence-electron chi connectivity index (χ2n) is 5.36. The SMILES string of the molecule is COc1ccccc1CCN(C)C(=O)CCc1ccccc1. The first-order chi connectivity index (χ1) is 10.7. The lowest BCUT2D eigenvalue weighted by Gasteiger charge is -2.18. The predicted octanol–water partition coefficient (Wildman–Crippen LogP) is 3.33. The van der Waals surface area contributed by atoms with Crippen LogP contribution in [0.5, 0.6) is 5.75 Å². The first-order valence-electron chi connectivity index (χ1n) is 7.60. The Kier molecular flexibility index (Phi) is 6.01. The number of hydrogen-bond donors (Lipinski definition) is 0. The lowest BCUT2D eigenvalue weighted by molar-refractivity contribution is -0.129. The molecule has 0 aliphatic heterocycles. The molecule has 0 fully saturated rings. The number of hydrogen-bond acceptors (Lipinski definition) is 2. The van der Waals surface area contributed by atoms with Gasteiger partial charge < -0.3 is 9.64 Å². The van der Waals surface area contributed by atoms with E-state index in [1.54, 1.807) is 12.0 Å². The van der Waals surface area contributed by atoms with Gasteiger partial charge in [-0.05, 0) is 30.0 Å². The summed E-state index contributed by atoms with van der Waals surface area (Å²) in [6.45, 7) is 0.702. The van der Waals surface area contributed by atoms with Gasteiger partial charge in [0, 0.05) is 20.0 Å². The molecule has 0 bridgehead atoms. The van der Waals surface area contributed by atoms with Crippen LogP contribution in [0.3, 0.4) is 0 Å². The maximum Gasteiger partial charge on any atom is 0.222 e. The number of amides is 1. The Balaban J connectivity index is 1.81. The lowest BCUT2D eigenvalue weighted by atomic mass is 10.1. The molecule has 3 heteroatoms. The molecule has 0 aliphatic carbocycles. The summed E-state index contributed by atoms with van der Waals surface area (Å²) in [6.07, 6.45) is 2.14. The first-order valence-corrected chi connectivity index (χ1v) is 7.60. The summed E-state index contributed by atoms with van der Waals surface area (Å²) in [5.74, 6) is 1.06. The fraction of sp³-hybridized carbons (Fsp3) is 0.316. The first kappa shape index (κ1) is 16.1. The molecule has 1 amide bonds. The van der Waals surface area contributed by atoms with Crippen molar-refractivity contribution in [2.24, 2.45) is 0 Å². The summed E-state index contributed by atoms with van der Waals surface area (Å²) in [7, 11) is 3.54. The Morgan fingerprint density at radius 2 is 1.68 bits per heavy atom. The number of methoxy groups -OCH3 is 1. The van der Waals surface area contributed by atoms with Gasteiger partial charge in [-0.15, -0.1) is 0 Å². The minimum absolute atomic E-state index is 0.179. The van der Waals surface area contributed by atoms with E-state index in [0.717, 1.165) is 24.2 Å². The second-order valence-corrected chi connectivity index (χ2v) is 5.36. The molecule has 0 aromatic heterocycles. The zero-order valence-corrected chi connectivity index (χ0v) is 13.3. The van der Waals surface area contributed by atoms with E-state index in [9.17, 15) is 4.79 Å². The smallest absolute Gasteiger partial charge is 0.222 e. The molecular weight excluding hydrogens is 274 g/mol. The van der Waals surface area contributed by atoms with Crippen LogP contribution in [0.2, 0.25) is 0 Å². The summed E-state index contributed by atoms with van der Waals surface area (Å²) in [5.41, 5.74) is 2.33. The number of benzene rings is 2. The van der Waals surface area contributed by atoms with Crippen LogP contribution >= 0.6 is 0 Å². The summed E-state index contributed by atoms with van der Waals surface area (Å²) < 4.78 is 5.34. The number of carbonyl (C=O) groups is 1. The number of aryl methyl sites for hydroxylation is 1. The number of likely N-dealkylation sites (N-methyl/N-ethyl adjacent to an activating group) is 1. The maximum absolute atomic E-state index is 12.2. The Morgan fingerprint density at radius 1 is 1.00 bits per heavy atom. The van der Waals surface area contributed by atoms with Gasteiger partial charge in [0.2, 0.25) is 5.91 Å².